The Kier molecular flexibility index (Phi) is 5.77. The second-order valence-corrected chi connectivity index (χ2v) is 5.65. The van der Waals surface area contributed by atoms with Crippen LogP contribution in [0.1, 0.15) is 19.1 Å². The Labute approximate surface area is 137 Å². The van der Waals surface area contributed by atoms with Gasteiger partial charge < -0.3 is 14.6 Å². The van der Waals surface area contributed by atoms with E-state index in [0.29, 0.717) is 24.5 Å². The lowest BCUT2D eigenvalue weighted by Crippen LogP contribution is -2.31. The highest BCUT2D eigenvalue weighted by atomic mass is 79.9. The van der Waals surface area contributed by atoms with E-state index in [2.05, 4.69) is 21.2 Å². The molecule has 22 heavy (non-hydrogen) atoms. The van der Waals surface area contributed by atoms with Crippen LogP contribution in [0.25, 0.3) is 0 Å². The van der Waals surface area contributed by atoms with E-state index in [9.17, 15) is 9.59 Å². The summed E-state index contributed by atoms with van der Waals surface area (Å²) in [7, 11) is 0. The van der Waals surface area contributed by atoms with Crippen LogP contribution in [0.5, 0.6) is 0 Å². The maximum Gasteiger partial charge on any atom is 0.226 e. The molecule has 2 rings (SSSR count). The van der Waals surface area contributed by atoms with Crippen molar-refractivity contribution < 1.29 is 14.0 Å². The molecule has 1 N–H and O–H groups in total. The highest BCUT2D eigenvalue weighted by Crippen LogP contribution is 2.21. The van der Waals surface area contributed by atoms with Gasteiger partial charge in [0.1, 0.15) is 5.76 Å². The predicted octanol–water partition coefficient (Wildman–Crippen LogP) is 3.42. The topological polar surface area (TPSA) is 62.6 Å². The number of carbonyl (C=O) groups excluding carboxylic acids is 2. The molecule has 2 aromatic rings. The third-order valence-electron chi connectivity index (χ3n) is 3.13. The van der Waals surface area contributed by atoms with Gasteiger partial charge in [0.2, 0.25) is 11.8 Å². The molecule has 0 aliphatic heterocycles. The first-order valence-corrected chi connectivity index (χ1v) is 7.68. The number of amides is 2. The molecule has 0 aliphatic rings. The Morgan fingerprint density at radius 1 is 1.23 bits per heavy atom. The van der Waals surface area contributed by atoms with Crippen molar-refractivity contribution in [3.63, 3.8) is 0 Å². The summed E-state index contributed by atoms with van der Waals surface area (Å²) in [4.78, 5) is 25.2. The van der Waals surface area contributed by atoms with E-state index in [1.165, 1.54) is 6.92 Å². The van der Waals surface area contributed by atoms with Crippen molar-refractivity contribution in [2.45, 2.75) is 19.9 Å². The van der Waals surface area contributed by atoms with Gasteiger partial charge in [-0.05, 0) is 40.2 Å². The molecule has 116 valence electrons. The van der Waals surface area contributed by atoms with Crippen molar-refractivity contribution >= 4 is 33.4 Å². The summed E-state index contributed by atoms with van der Waals surface area (Å²) in [5.41, 5.74) is 0.716. The zero-order valence-electron chi connectivity index (χ0n) is 12.2. The molecular weight excluding hydrogens is 348 g/mol. The van der Waals surface area contributed by atoms with Gasteiger partial charge in [0, 0.05) is 24.4 Å². The van der Waals surface area contributed by atoms with Crippen molar-refractivity contribution in [2.75, 3.05) is 11.9 Å². The number of benzene rings is 1. The first-order chi connectivity index (χ1) is 10.6. The van der Waals surface area contributed by atoms with Crippen LogP contribution in [-0.4, -0.2) is 23.3 Å². The SMILES string of the molecule is CC(=O)N(CCC(=O)Nc1ccccc1Br)Cc1ccco1. The molecule has 0 saturated carbocycles. The summed E-state index contributed by atoms with van der Waals surface area (Å²) in [5, 5.41) is 2.82. The first kappa shape index (κ1) is 16.3. The number of furan rings is 1. The van der Waals surface area contributed by atoms with Crippen LogP contribution in [0.2, 0.25) is 0 Å². The third kappa shape index (κ3) is 4.73. The molecule has 0 unspecified atom stereocenters. The van der Waals surface area contributed by atoms with Gasteiger partial charge in [-0.25, -0.2) is 0 Å². The minimum atomic E-state index is -0.141. The van der Waals surface area contributed by atoms with E-state index < -0.39 is 0 Å². The number of hydrogen-bond donors (Lipinski definition) is 1. The van der Waals surface area contributed by atoms with E-state index in [4.69, 9.17) is 4.42 Å². The lowest BCUT2D eigenvalue weighted by molar-refractivity contribution is -0.130. The number of anilines is 1. The first-order valence-electron chi connectivity index (χ1n) is 6.88. The molecule has 1 heterocycles. The molecular formula is C16H17BrN2O3. The quantitative estimate of drug-likeness (QED) is 0.853. The van der Waals surface area contributed by atoms with Crippen molar-refractivity contribution in [1.29, 1.82) is 0 Å². The minimum absolute atomic E-state index is 0.0925. The maximum atomic E-state index is 12.0. The van der Waals surface area contributed by atoms with Crippen LogP contribution >= 0.6 is 15.9 Å². The maximum absolute atomic E-state index is 12.0. The smallest absolute Gasteiger partial charge is 0.226 e. The second-order valence-electron chi connectivity index (χ2n) is 4.80. The minimum Gasteiger partial charge on any atom is -0.467 e. The number of carbonyl (C=O) groups is 2. The van der Waals surface area contributed by atoms with Crippen LogP contribution in [-0.2, 0) is 16.1 Å². The van der Waals surface area contributed by atoms with Crippen molar-refractivity contribution in [1.82, 2.24) is 4.90 Å². The summed E-state index contributed by atoms with van der Waals surface area (Å²) in [6.45, 7) is 2.19. The molecule has 6 heteroatoms. The van der Waals surface area contributed by atoms with E-state index >= 15 is 0 Å². The average Bonchev–Trinajstić information content (AvgIpc) is 2.98. The number of nitrogens with zero attached hydrogens (tertiary/aromatic N) is 1. The summed E-state index contributed by atoms with van der Waals surface area (Å²) in [6.07, 6.45) is 1.79. The van der Waals surface area contributed by atoms with E-state index in [1.807, 2.05) is 24.3 Å². The fraction of sp³-hybridized carbons (Fsp3) is 0.250. The van der Waals surface area contributed by atoms with Crippen molar-refractivity contribution in [3.8, 4) is 0 Å². The van der Waals surface area contributed by atoms with Gasteiger partial charge in [-0.2, -0.15) is 0 Å². The molecule has 0 atom stereocenters. The Morgan fingerprint density at radius 3 is 2.64 bits per heavy atom. The fourth-order valence-corrected chi connectivity index (χ4v) is 2.33. The van der Waals surface area contributed by atoms with Crippen LogP contribution in [0.3, 0.4) is 0 Å². The van der Waals surface area contributed by atoms with Crippen LogP contribution in [0, 0.1) is 0 Å². The average molecular weight is 365 g/mol. The van der Waals surface area contributed by atoms with E-state index in [1.54, 1.807) is 23.3 Å². The van der Waals surface area contributed by atoms with Crippen LogP contribution in [0.4, 0.5) is 5.69 Å². The van der Waals surface area contributed by atoms with Gasteiger partial charge in [0.15, 0.2) is 0 Å². The molecule has 0 bridgehead atoms. The molecule has 2 amide bonds. The third-order valence-corrected chi connectivity index (χ3v) is 3.82. The lowest BCUT2D eigenvalue weighted by Gasteiger charge is -2.19. The Morgan fingerprint density at radius 2 is 2.00 bits per heavy atom. The largest absolute Gasteiger partial charge is 0.467 e. The van der Waals surface area contributed by atoms with Gasteiger partial charge in [0.25, 0.3) is 0 Å². The predicted molar refractivity (Wildman–Crippen MR) is 87.2 cm³/mol. The van der Waals surface area contributed by atoms with Gasteiger partial charge in [-0.3, -0.25) is 9.59 Å². The molecule has 5 nitrogen and oxygen atoms in total. The number of para-hydroxylation sites is 1. The normalized spacial score (nSPS) is 10.3. The molecule has 1 aromatic heterocycles. The highest BCUT2D eigenvalue weighted by molar-refractivity contribution is 9.10. The summed E-state index contributed by atoms with van der Waals surface area (Å²) in [6, 6.07) is 11.0. The number of nitrogens with one attached hydrogen (secondary N) is 1. The van der Waals surface area contributed by atoms with Gasteiger partial charge in [-0.1, -0.05) is 12.1 Å². The zero-order chi connectivity index (χ0) is 15.9. The molecule has 0 radical (unpaired) electrons. The van der Waals surface area contributed by atoms with Gasteiger partial charge >= 0.3 is 0 Å². The van der Waals surface area contributed by atoms with E-state index in [-0.39, 0.29) is 18.2 Å². The summed E-state index contributed by atoms with van der Waals surface area (Å²) >= 11 is 3.38. The molecule has 0 saturated heterocycles. The molecule has 0 fully saturated rings. The molecule has 1 aromatic carbocycles. The van der Waals surface area contributed by atoms with Gasteiger partial charge in [0.05, 0.1) is 18.5 Å². The Hall–Kier alpha value is -2.08. The fourth-order valence-electron chi connectivity index (χ4n) is 1.95. The summed E-state index contributed by atoms with van der Waals surface area (Å²) in [5.74, 6) is 0.462. The van der Waals surface area contributed by atoms with Crippen molar-refractivity contribution in [3.05, 3.63) is 52.9 Å². The van der Waals surface area contributed by atoms with Crippen LogP contribution < -0.4 is 5.32 Å². The second kappa shape index (κ2) is 7.79. The van der Waals surface area contributed by atoms with E-state index in [0.717, 1.165) is 4.47 Å². The standard InChI is InChI=1S/C16H17BrN2O3/c1-12(20)19(11-13-5-4-10-22-13)9-8-16(21)18-15-7-3-2-6-14(15)17/h2-7,10H,8-9,11H2,1H3,(H,18,21). The Bertz CT molecular complexity index is 641. The monoisotopic (exact) mass is 364 g/mol. The Balaban J connectivity index is 1.88. The molecule has 0 spiro atoms. The lowest BCUT2D eigenvalue weighted by atomic mass is 10.3. The van der Waals surface area contributed by atoms with Crippen molar-refractivity contribution in [2.24, 2.45) is 0 Å². The number of halogens is 1. The highest BCUT2D eigenvalue weighted by Gasteiger charge is 2.13. The molecule has 0 aliphatic carbocycles. The van der Waals surface area contributed by atoms with Crippen LogP contribution in [0.15, 0.2) is 51.6 Å². The summed E-state index contributed by atoms with van der Waals surface area (Å²) < 4.78 is 6.05. The number of rotatable bonds is 6. The zero-order valence-corrected chi connectivity index (χ0v) is 13.8. The number of hydrogen-bond acceptors (Lipinski definition) is 3. The van der Waals surface area contributed by atoms with Gasteiger partial charge in [-0.15, -0.1) is 0 Å².